The third-order valence-corrected chi connectivity index (χ3v) is 1.49. The van der Waals surface area contributed by atoms with Gasteiger partial charge in [0.25, 0.3) is 0 Å². The van der Waals surface area contributed by atoms with Gasteiger partial charge in [0, 0.05) is 0 Å². The Labute approximate surface area is 79.2 Å². The molecular weight excluding hydrogens is 168 g/mol. The van der Waals surface area contributed by atoms with Crippen LogP contribution >= 0.6 is 0 Å². The van der Waals surface area contributed by atoms with Crippen molar-refractivity contribution < 1.29 is 9.53 Å². The molecule has 0 atom stereocenters. The molecule has 0 aliphatic rings. The van der Waals surface area contributed by atoms with Crippen molar-refractivity contribution in [3.05, 3.63) is 0 Å². The first-order valence-corrected chi connectivity index (χ1v) is 4.64. The van der Waals surface area contributed by atoms with Crippen LogP contribution in [0.2, 0.25) is 0 Å². The zero-order chi connectivity index (χ0) is 10.1. The fourth-order valence-electron chi connectivity index (χ4n) is 0.865. The molecule has 76 valence electrons. The summed E-state index contributed by atoms with van der Waals surface area (Å²) < 4.78 is 4.79. The molecule has 0 heterocycles. The highest BCUT2D eigenvalue weighted by Crippen LogP contribution is 1.99. The Morgan fingerprint density at radius 1 is 1.38 bits per heavy atom. The Hall–Kier alpha value is -1.06. The highest BCUT2D eigenvalue weighted by Gasteiger charge is 1.98. The van der Waals surface area contributed by atoms with Gasteiger partial charge in [0.15, 0.2) is 0 Å². The second-order valence-electron chi connectivity index (χ2n) is 2.93. The molecule has 0 bridgehead atoms. The summed E-state index contributed by atoms with van der Waals surface area (Å²) in [5.41, 5.74) is 5.19. The van der Waals surface area contributed by atoms with Crippen molar-refractivity contribution in [3.8, 4) is 0 Å². The lowest BCUT2D eigenvalue weighted by Crippen LogP contribution is -2.10. The lowest BCUT2D eigenvalue weighted by molar-refractivity contribution is 0.155. The number of ether oxygens (including phenoxy) is 1. The highest BCUT2D eigenvalue weighted by atomic mass is 16.5. The molecule has 1 amide bonds. The molecule has 0 spiro atoms. The maximum absolute atomic E-state index is 10.8. The van der Waals surface area contributed by atoms with Gasteiger partial charge in [-0.2, -0.15) is 4.99 Å². The monoisotopic (exact) mass is 186 g/mol. The number of carbonyl (C=O) groups excluding carboxylic acids is 1. The number of nitrogens with zero attached hydrogens (tertiary/aromatic N) is 1. The first-order chi connectivity index (χ1) is 6.16. The molecule has 0 aromatic carbocycles. The standard InChI is InChI=1S/C9H18N2O2/c1-3-4-5-6-7-13-9(12)11-8(2)10/h3-7H2,1-2H3,(H2,10,11,12). The molecule has 0 unspecified atom stereocenters. The fourth-order valence-corrected chi connectivity index (χ4v) is 0.865. The number of unbranched alkanes of at least 4 members (excludes halogenated alkanes) is 3. The van der Waals surface area contributed by atoms with Crippen molar-refractivity contribution in [3.63, 3.8) is 0 Å². The summed E-state index contributed by atoms with van der Waals surface area (Å²) in [6.07, 6.45) is 3.76. The van der Waals surface area contributed by atoms with Gasteiger partial charge < -0.3 is 10.5 Å². The lowest BCUT2D eigenvalue weighted by Gasteiger charge is -2.00. The normalized spacial score (nSPS) is 11.4. The van der Waals surface area contributed by atoms with Crippen molar-refractivity contribution in [1.82, 2.24) is 0 Å². The first-order valence-electron chi connectivity index (χ1n) is 4.64. The third-order valence-electron chi connectivity index (χ3n) is 1.49. The van der Waals surface area contributed by atoms with Crippen LogP contribution in [-0.2, 0) is 4.74 Å². The molecule has 2 N–H and O–H groups in total. The number of carbonyl (C=O) groups is 1. The number of rotatable bonds is 5. The summed E-state index contributed by atoms with van der Waals surface area (Å²) in [4.78, 5) is 14.2. The molecule has 0 aliphatic carbocycles. The minimum atomic E-state index is -0.587. The van der Waals surface area contributed by atoms with Crippen LogP contribution < -0.4 is 5.73 Å². The van der Waals surface area contributed by atoms with Crippen LogP contribution in [-0.4, -0.2) is 18.5 Å². The minimum Gasteiger partial charge on any atom is -0.448 e. The van der Waals surface area contributed by atoms with Crippen molar-refractivity contribution in [1.29, 1.82) is 0 Å². The van der Waals surface area contributed by atoms with E-state index in [0.29, 0.717) is 6.61 Å². The quantitative estimate of drug-likeness (QED) is 0.406. The van der Waals surface area contributed by atoms with Gasteiger partial charge >= 0.3 is 6.09 Å². The number of aliphatic imine (C=N–C) groups is 1. The summed E-state index contributed by atoms with van der Waals surface area (Å²) in [5, 5.41) is 0. The largest absolute Gasteiger partial charge is 0.448 e. The van der Waals surface area contributed by atoms with Crippen LogP contribution in [0.4, 0.5) is 4.79 Å². The zero-order valence-electron chi connectivity index (χ0n) is 8.38. The molecular formula is C9H18N2O2. The predicted octanol–water partition coefficient (Wildman–Crippen LogP) is 2.08. The van der Waals surface area contributed by atoms with Crippen molar-refractivity contribution in [2.45, 2.75) is 39.5 Å². The minimum absolute atomic E-state index is 0.235. The number of hydrogen-bond acceptors (Lipinski definition) is 2. The van der Waals surface area contributed by atoms with Gasteiger partial charge in [0.05, 0.1) is 6.61 Å². The summed E-state index contributed by atoms with van der Waals surface area (Å²) in [6, 6.07) is 0. The van der Waals surface area contributed by atoms with Crippen LogP contribution in [0.3, 0.4) is 0 Å². The van der Waals surface area contributed by atoms with Crippen LogP contribution in [0.25, 0.3) is 0 Å². The van der Waals surface area contributed by atoms with Crippen LogP contribution in [0, 0.1) is 0 Å². The van der Waals surface area contributed by atoms with E-state index >= 15 is 0 Å². The van der Waals surface area contributed by atoms with Gasteiger partial charge in [-0.15, -0.1) is 0 Å². The molecule has 0 saturated carbocycles. The smallest absolute Gasteiger partial charge is 0.435 e. The van der Waals surface area contributed by atoms with Gasteiger partial charge in [-0.25, -0.2) is 4.79 Å². The summed E-state index contributed by atoms with van der Waals surface area (Å²) >= 11 is 0. The van der Waals surface area contributed by atoms with Crippen molar-refractivity contribution >= 4 is 11.9 Å². The van der Waals surface area contributed by atoms with Gasteiger partial charge in [-0.3, -0.25) is 0 Å². The van der Waals surface area contributed by atoms with E-state index in [1.54, 1.807) is 6.92 Å². The van der Waals surface area contributed by atoms with Crippen molar-refractivity contribution in [2.24, 2.45) is 10.7 Å². The third kappa shape index (κ3) is 8.85. The molecule has 4 nitrogen and oxygen atoms in total. The average Bonchev–Trinajstić information content (AvgIpc) is 2.02. The van der Waals surface area contributed by atoms with Crippen LogP contribution in [0.1, 0.15) is 39.5 Å². The molecule has 0 aromatic heterocycles. The Morgan fingerprint density at radius 3 is 2.62 bits per heavy atom. The molecule has 0 aromatic rings. The van der Waals surface area contributed by atoms with E-state index in [0.717, 1.165) is 12.8 Å². The van der Waals surface area contributed by atoms with Crippen molar-refractivity contribution in [2.75, 3.05) is 6.61 Å². The van der Waals surface area contributed by atoms with E-state index in [2.05, 4.69) is 11.9 Å². The van der Waals surface area contributed by atoms with Gasteiger partial charge in [0.1, 0.15) is 5.84 Å². The summed E-state index contributed by atoms with van der Waals surface area (Å²) in [7, 11) is 0. The van der Waals surface area contributed by atoms with E-state index in [1.807, 2.05) is 0 Å². The Morgan fingerprint density at radius 2 is 2.08 bits per heavy atom. The van der Waals surface area contributed by atoms with E-state index in [9.17, 15) is 4.79 Å². The van der Waals surface area contributed by atoms with Crippen LogP contribution in [0.5, 0.6) is 0 Å². The SMILES string of the molecule is CCCCCCOC(=O)/N=C(\C)N. The van der Waals surface area contributed by atoms with Gasteiger partial charge in [-0.05, 0) is 13.3 Å². The molecule has 4 heteroatoms. The zero-order valence-corrected chi connectivity index (χ0v) is 8.38. The molecule has 0 radical (unpaired) electrons. The number of hydrogen-bond donors (Lipinski definition) is 1. The van der Waals surface area contributed by atoms with E-state index in [-0.39, 0.29) is 5.84 Å². The van der Waals surface area contributed by atoms with Gasteiger partial charge in [0.2, 0.25) is 0 Å². The first kappa shape index (κ1) is 11.9. The van der Waals surface area contributed by atoms with E-state index < -0.39 is 6.09 Å². The predicted molar refractivity (Wildman–Crippen MR) is 52.8 cm³/mol. The van der Waals surface area contributed by atoms with Crippen LogP contribution in [0.15, 0.2) is 4.99 Å². The number of amidine groups is 1. The molecule has 0 saturated heterocycles. The Balaban J connectivity index is 3.33. The average molecular weight is 186 g/mol. The maximum atomic E-state index is 10.8. The Bertz CT molecular complexity index is 174. The highest BCUT2D eigenvalue weighted by molar-refractivity contribution is 5.88. The molecule has 13 heavy (non-hydrogen) atoms. The summed E-state index contributed by atoms with van der Waals surface area (Å²) in [6.45, 7) is 4.13. The molecule has 0 aliphatic heterocycles. The number of nitrogens with two attached hydrogens (primary N) is 1. The second kappa shape index (κ2) is 7.58. The van der Waals surface area contributed by atoms with E-state index in [1.165, 1.54) is 12.8 Å². The Kier molecular flexibility index (Phi) is 6.96. The van der Waals surface area contributed by atoms with Gasteiger partial charge in [-0.1, -0.05) is 26.2 Å². The molecule has 0 fully saturated rings. The molecule has 0 rings (SSSR count). The number of amides is 1. The fraction of sp³-hybridized carbons (Fsp3) is 0.778. The van der Waals surface area contributed by atoms with E-state index in [4.69, 9.17) is 10.5 Å². The topological polar surface area (TPSA) is 64.7 Å². The lowest BCUT2D eigenvalue weighted by atomic mass is 10.2. The summed E-state index contributed by atoms with van der Waals surface area (Å²) in [5.74, 6) is 0.235. The second-order valence-corrected chi connectivity index (χ2v) is 2.93. The maximum Gasteiger partial charge on any atom is 0.435 e.